The summed E-state index contributed by atoms with van der Waals surface area (Å²) in [5.41, 5.74) is 0. The molecule has 1 fully saturated rings. The first-order valence-corrected chi connectivity index (χ1v) is 7.04. The Kier molecular flexibility index (Phi) is 5.02. The summed E-state index contributed by atoms with van der Waals surface area (Å²) in [5.74, 6) is 0.942. The molecule has 0 saturated carbocycles. The highest BCUT2D eigenvalue weighted by Gasteiger charge is 2.30. The molecular formula is C12H23N7O. The summed E-state index contributed by atoms with van der Waals surface area (Å²) in [7, 11) is 3.58. The van der Waals surface area contributed by atoms with Crippen molar-refractivity contribution < 1.29 is 4.79 Å². The van der Waals surface area contributed by atoms with E-state index in [1.54, 1.807) is 19.0 Å². The summed E-state index contributed by atoms with van der Waals surface area (Å²) in [6.07, 6.45) is 0.986. The highest BCUT2D eigenvalue weighted by molar-refractivity contribution is 5.81. The molecule has 1 N–H and O–H groups in total. The summed E-state index contributed by atoms with van der Waals surface area (Å²) in [6.45, 7) is 5.89. The minimum Gasteiger partial charge on any atom is -0.347 e. The van der Waals surface area contributed by atoms with Gasteiger partial charge in [-0.1, -0.05) is 6.92 Å². The topological polar surface area (TPSA) is 79.2 Å². The van der Waals surface area contributed by atoms with Gasteiger partial charge in [-0.25, -0.2) is 4.68 Å². The van der Waals surface area contributed by atoms with E-state index in [0.29, 0.717) is 13.1 Å². The molecule has 8 heteroatoms. The zero-order valence-electron chi connectivity index (χ0n) is 12.4. The SMILES string of the molecule is CCCn1nnnc1CN1CCNCC1C(=O)N(C)C. The number of nitrogens with one attached hydrogen (secondary N) is 1. The van der Waals surface area contributed by atoms with Gasteiger partial charge in [-0.2, -0.15) is 0 Å². The van der Waals surface area contributed by atoms with Gasteiger partial charge in [0, 0.05) is 40.3 Å². The molecule has 2 heterocycles. The van der Waals surface area contributed by atoms with Crippen LogP contribution in [0.3, 0.4) is 0 Å². The number of hydrogen-bond acceptors (Lipinski definition) is 6. The quantitative estimate of drug-likeness (QED) is 0.741. The largest absolute Gasteiger partial charge is 0.347 e. The van der Waals surface area contributed by atoms with E-state index in [2.05, 4.69) is 32.7 Å². The minimum absolute atomic E-state index is 0.117. The molecule has 1 saturated heterocycles. The standard InChI is InChI=1S/C12H23N7O/c1-4-6-19-11(14-15-16-19)9-18-7-5-13-8-10(18)12(20)17(2)3/h10,13H,4-9H2,1-3H3. The van der Waals surface area contributed by atoms with Crippen LogP contribution in [0.15, 0.2) is 0 Å². The number of carbonyl (C=O) groups is 1. The van der Waals surface area contributed by atoms with E-state index in [4.69, 9.17) is 0 Å². The molecule has 0 bridgehead atoms. The van der Waals surface area contributed by atoms with E-state index in [0.717, 1.165) is 31.9 Å². The third-order valence-electron chi connectivity index (χ3n) is 3.47. The predicted octanol–water partition coefficient (Wildman–Crippen LogP) is -1.05. The Morgan fingerprint density at radius 2 is 2.30 bits per heavy atom. The van der Waals surface area contributed by atoms with E-state index < -0.39 is 0 Å². The van der Waals surface area contributed by atoms with Crippen LogP contribution >= 0.6 is 0 Å². The molecule has 1 aromatic rings. The van der Waals surface area contributed by atoms with E-state index in [9.17, 15) is 4.79 Å². The third kappa shape index (κ3) is 3.31. The van der Waals surface area contributed by atoms with Crippen molar-refractivity contribution >= 4 is 5.91 Å². The number of carbonyl (C=O) groups excluding carboxylic acids is 1. The molecule has 2 rings (SSSR count). The van der Waals surface area contributed by atoms with Gasteiger partial charge < -0.3 is 10.2 Å². The lowest BCUT2D eigenvalue weighted by atomic mass is 10.1. The lowest BCUT2D eigenvalue weighted by Crippen LogP contribution is -2.57. The van der Waals surface area contributed by atoms with Crippen LogP contribution in [0.2, 0.25) is 0 Å². The first kappa shape index (κ1) is 14.9. The van der Waals surface area contributed by atoms with Gasteiger partial charge in [0.2, 0.25) is 5.91 Å². The Morgan fingerprint density at radius 3 is 3.00 bits per heavy atom. The summed E-state index contributed by atoms with van der Waals surface area (Å²) in [6, 6.07) is -0.148. The van der Waals surface area contributed by atoms with E-state index in [1.165, 1.54) is 0 Å². The van der Waals surface area contributed by atoms with Gasteiger partial charge in [-0.05, 0) is 16.8 Å². The second kappa shape index (κ2) is 6.76. The minimum atomic E-state index is -0.148. The summed E-state index contributed by atoms with van der Waals surface area (Å²) in [5, 5.41) is 15.1. The lowest BCUT2D eigenvalue weighted by Gasteiger charge is -2.35. The number of aromatic nitrogens is 4. The summed E-state index contributed by atoms with van der Waals surface area (Å²) in [4.78, 5) is 16.0. The Morgan fingerprint density at radius 1 is 1.50 bits per heavy atom. The first-order chi connectivity index (χ1) is 9.63. The summed E-state index contributed by atoms with van der Waals surface area (Å²) >= 11 is 0. The second-order valence-electron chi connectivity index (χ2n) is 5.24. The van der Waals surface area contributed by atoms with Crippen molar-refractivity contribution in [3.05, 3.63) is 5.82 Å². The van der Waals surface area contributed by atoms with Crippen molar-refractivity contribution in [3.63, 3.8) is 0 Å². The monoisotopic (exact) mass is 281 g/mol. The molecule has 0 radical (unpaired) electrons. The van der Waals surface area contributed by atoms with Gasteiger partial charge >= 0.3 is 0 Å². The molecule has 1 atom stereocenters. The van der Waals surface area contributed by atoms with Crippen LogP contribution in [0.5, 0.6) is 0 Å². The smallest absolute Gasteiger partial charge is 0.240 e. The van der Waals surface area contributed by atoms with Gasteiger partial charge in [0.15, 0.2) is 5.82 Å². The van der Waals surface area contributed by atoms with Crippen LogP contribution in [0, 0.1) is 0 Å². The Bertz CT molecular complexity index is 445. The fourth-order valence-corrected chi connectivity index (χ4v) is 2.38. The molecular weight excluding hydrogens is 258 g/mol. The zero-order valence-corrected chi connectivity index (χ0v) is 12.4. The van der Waals surface area contributed by atoms with Crippen LogP contribution in [0.1, 0.15) is 19.2 Å². The van der Waals surface area contributed by atoms with E-state index in [1.807, 2.05) is 4.68 Å². The first-order valence-electron chi connectivity index (χ1n) is 7.04. The Hall–Kier alpha value is -1.54. The lowest BCUT2D eigenvalue weighted by molar-refractivity contribution is -0.135. The van der Waals surface area contributed by atoms with E-state index >= 15 is 0 Å². The highest BCUT2D eigenvalue weighted by Crippen LogP contribution is 2.10. The zero-order chi connectivity index (χ0) is 14.5. The fraction of sp³-hybridized carbons (Fsp3) is 0.833. The molecule has 8 nitrogen and oxygen atoms in total. The molecule has 1 aliphatic rings. The highest BCUT2D eigenvalue weighted by atomic mass is 16.2. The maximum atomic E-state index is 12.2. The molecule has 0 aliphatic carbocycles. The molecule has 1 unspecified atom stereocenters. The van der Waals surface area contributed by atoms with Gasteiger partial charge in [-0.15, -0.1) is 5.10 Å². The molecule has 1 amide bonds. The number of hydrogen-bond donors (Lipinski definition) is 1. The van der Waals surface area contributed by atoms with Crippen LogP contribution in [0.4, 0.5) is 0 Å². The van der Waals surface area contributed by atoms with Gasteiger partial charge in [-0.3, -0.25) is 9.69 Å². The number of amides is 1. The number of tetrazole rings is 1. The molecule has 0 aromatic carbocycles. The van der Waals surface area contributed by atoms with Crippen molar-refractivity contribution in [3.8, 4) is 0 Å². The van der Waals surface area contributed by atoms with Gasteiger partial charge in [0.1, 0.15) is 6.04 Å². The van der Waals surface area contributed by atoms with Crippen molar-refractivity contribution in [2.24, 2.45) is 0 Å². The summed E-state index contributed by atoms with van der Waals surface area (Å²) < 4.78 is 1.82. The van der Waals surface area contributed by atoms with Crippen molar-refractivity contribution in [1.82, 2.24) is 35.3 Å². The molecule has 1 aliphatic heterocycles. The Balaban J connectivity index is 2.08. The molecule has 20 heavy (non-hydrogen) atoms. The number of aryl methyl sites for hydroxylation is 1. The second-order valence-corrected chi connectivity index (χ2v) is 5.24. The Labute approximate surface area is 119 Å². The number of nitrogens with zero attached hydrogens (tertiary/aromatic N) is 6. The average Bonchev–Trinajstić information content (AvgIpc) is 2.86. The molecule has 1 aromatic heterocycles. The maximum absolute atomic E-state index is 12.2. The van der Waals surface area contributed by atoms with Crippen LogP contribution in [0.25, 0.3) is 0 Å². The number of rotatable bonds is 5. The van der Waals surface area contributed by atoms with Gasteiger partial charge in [0.25, 0.3) is 0 Å². The molecule has 112 valence electrons. The number of likely N-dealkylation sites (N-methyl/N-ethyl adjacent to an activating group) is 1. The number of piperazine rings is 1. The van der Waals surface area contributed by atoms with E-state index in [-0.39, 0.29) is 11.9 Å². The third-order valence-corrected chi connectivity index (χ3v) is 3.47. The van der Waals surface area contributed by atoms with Crippen LogP contribution < -0.4 is 5.32 Å². The van der Waals surface area contributed by atoms with Crippen molar-refractivity contribution in [2.75, 3.05) is 33.7 Å². The predicted molar refractivity (Wildman–Crippen MR) is 73.9 cm³/mol. The average molecular weight is 281 g/mol. The van der Waals surface area contributed by atoms with Gasteiger partial charge in [0.05, 0.1) is 6.54 Å². The van der Waals surface area contributed by atoms with Crippen LogP contribution in [-0.2, 0) is 17.9 Å². The van der Waals surface area contributed by atoms with Crippen LogP contribution in [-0.4, -0.2) is 75.7 Å². The fourth-order valence-electron chi connectivity index (χ4n) is 2.38. The van der Waals surface area contributed by atoms with Crippen molar-refractivity contribution in [1.29, 1.82) is 0 Å². The molecule has 0 spiro atoms. The van der Waals surface area contributed by atoms with Crippen molar-refractivity contribution in [2.45, 2.75) is 32.5 Å². The maximum Gasteiger partial charge on any atom is 0.240 e. The normalized spacial score (nSPS) is 20.1.